The van der Waals surface area contributed by atoms with E-state index in [1.807, 2.05) is 30.3 Å². The zero-order valence-corrected chi connectivity index (χ0v) is 14.7. The van der Waals surface area contributed by atoms with Crippen LogP contribution in [0.4, 0.5) is 17.3 Å². The molecule has 2 N–H and O–H groups in total. The lowest BCUT2D eigenvalue weighted by atomic mass is 10.2. The number of methoxy groups -OCH3 is 1. The number of fused-ring (bicyclic) bond motifs is 1. The van der Waals surface area contributed by atoms with Crippen LogP contribution in [0.3, 0.4) is 0 Å². The van der Waals surface area contributed by atoms with Crippen LogP contribution >= 0.6 is 11.6 Å². The highest BCUT2D eigenvalue weighted by molar-refractivity contribution is 6.33. The molecule has 1 aromatic carbocycles. The maximum absolute atomic E-state index is 6.39. The summed E-state index contributed by atoms with van der Waals surface area (Å²) in [5, 5.41) is 6.88. The largest absolute Gasteiger partial charge is 0.481 e. The van der Waals surface area contributed by atoms with E-state index in [0.29, 0.717) is 29.1 Å². The summed E-state index contributed by atoms with van der Waals surface area (Å²) in [7, 11) is 1.55. The average Bonchev–Trinajstić information content (AvgIpc) is 3.07. The van der Waals surface area contributed by atoms with Gasteiger partial charge in [0.1, 0.15) is 5.69 Å². The Morgan fingerprint density at radius 3 is 2.85 bits per heavy atom. The van der Waals surface area contributed by atoms with Gasteiger partial charge in [-0.2, -0.15) is 4.98 Å². The van der Waals surface area contributed by atoms with Gasteiger partial charge in [-0.25, -0.2) is 4.98 Å². The molecule has 7 nitrogen and oxygen atoms in total. The van der Waals surface area contributed by atoms with Gasteiger partial charge in [-0.05, 0) is 24.3 Å². The third-order valence-electron chi connectivity index (χ3n) is 3.84. The van der Waals surface area contributed by atoms with Crippen LogP contribution in [0, 0.1) is 0 Å². The zero-order chi connectivity index (χ0) is 17.9. The second-order valence-corrected chi connectivity index (χ2v) is 5.95. The van der Waals surface area contributed by atoms with Gasteiger partial charge in [0.25, 0.3) is 0 Å². The normalized spacial score (nSPS) is 12.3. The maximum atomic E-state index is 6.39. The molecule has 0 unspecified atom stereocenters. The first-order chi connectivity index (χ1) is 12.7. The summed E-state index contributed by atoms with van der Waals surface area (Å²) < 4.78 is 5.09. The second kappa shape index (κ2) is 6.97. The minimum absolute atomic E-state index is 0.408. The Hall–Kier alpha value is -3.19. The molecule has 4 rings (SSSR count). The van der Waals surface area contributed by atoms with E-state index in [-0.39, 0.29) is 0 Å². The Bertz CT molecular complexity index is 991. The fourth-order valence-corrected chi connectivity index (χ4v) is 2.81. The molecule has 26 heavy (non-hydrogen) atoms. The molecule has 3 aromatic rings. The minimum Gasteiger partial charge on any atom is -0.481 e. The van der Waals surface area contributed by atoms with Crippen molar-refractivity contribution in [3.8, 4) is 5.88 Å². The lowest BCUT2D eigenvalue weighted by molar-refractivity contribution is 0.397. The molecule has 0 saturated carbocycles. The first-order valence-corrected chi connectivity index (χ1v) is 8.30. The van der Waals surface area contributed by atoms with E-state index in [4.69, 9.17) is 16.3 Å². The van der Waals surface area contributed by atoms with Crippen molar-refractivity contribution in [1.82, 2.24) is 15.0 Å². The van der Waals surface area contributed by atoms with Crippen molar-refractivity contribution in [3.05, 3.63) is 65.1 Å². The van der Waals surface area contributed by atoms with Crippen molar-refractivity contribution in [1.29, 1.82) is 0 Å². The zero-order valence-electron chi connectivity index (χ0n) is 13.9. The van der Waals surface area contributed by atoms with Crippen molar-refractivity contribution in [2.24, 2.45) is 4.99 Å². The summed E-state index contributed by atoms with van der Waals surface area (Å²) in [4.78, 5) is 17.2. The average molecular weight is 367 g/mol. The van der Waals surface area contributed by atoms with Gasteiger partial charge in [0, 0.05) is 29.7 Å². The highest BCUT2D eigenvalue weighted by Gasteiger charge is 2.17. The standard InChI is InChI=1S/C18H15ClN6O/c1-26-15-6-8-21-18(25-15)24-14-5-4-12(9-13(14)19)23-17-16-11(10-22-17)3-2-7-20-16/h2-9H,10H2,1H3,(H,22,23)(H,21,24,25). The third kappa shape index (κ3) is 3.29. The second-order valence-electron chi connectivity index (χ2n) is 5.54. The summed E-state index contributed by atoms with van der Waals surface area (Å²) >= 11 is 6.39. The van der Waals surface area contributed by atoms with E-state index in [2.05, 4.69) is 30.6 Å². The number of hydrogen-bond acceptors (Lipinski definition) is 7. The molecule has 0 amide bonds. The number of benzene rings is 1. The van der Waals surface area contributed by atoms with Crippen LogP contribution in [0.15, 0.2) is 53.8 Å². The van der Waals surface area contributed by atoms with Crippen molar-refractivity contribution in [3.63, 3.8) is 0 Å². The van der Waals surface area contributed by atoms with Gasteiger partial charge >= 0.3 is 0 Å². The first kappa shape index (κ1) is 16.3. The third-order valence-corrected chi connectivity index (χ3v) is 4.15. The summed E-state index contributed by atoms with van der Waals surface area (Å²) in [6.45, 7) is 0.631. The lowest BCUT2D eigenvalue weighted by Crippen LogP contribution is -2.13. The minimum atomic E-state index is 0.408. The van der Waals surface area contributed by atoms with Gasteiger partial charge in [-0.1, -0.05) is 17.7 Å². The van der Waals surface area contributed by atoms with E-state index in [1.165, 1.54) is 0 Å². The molecule has 0 spiro atoms. The number of nitrogens with zero attached hydrogens (tertiary/aromatic N) is 4. The van der Waals surface area contributed by atoms with Crippen molar-refractivity contribution in [2.75, 3.05) is 17.7 Å². The topological polar surface area (TPSA) is 84.3 Å². The van der Waals surface area contributed by atoms with Crippen molar-refractivity contribution < 1.29 is 4.74 Å². The molecular weight excluding hydrogens is 352 g/mol. The Labute approximate surface area is 155 Å². The van der Waals surface area contributed by atoms with Crippen LogP contribution in [0.5, 0.6) is 5.88 Å². The van der Waals surface area contributed by atoms with Crippen LogP contribution in [0.2, 0.25) is 5.02 Å². The Morgan fingerprint density at radius 1 is 1.08 bits per heavy atom. The molecule has 3 heterocycles. The predicted octanol–water partition coefficient (Wildman–Crippen LogP) is 3.65. The highest BCUT2D eigenvalue weighted by Crippen LogP contribution is 2.28. The monoisotopic (exact) mass is 366 g/mol. The van der Waals surface area contributed by atoms with Crippen LogP contribution in [-0.2, 0) is 6.54 Å². The van der Waals surface area contributed by atoms with Crippen LogP contribution in [0.1, 0.15) is 11.3 Å². The Kier molecular flexibility index (Phi) is 4.37. The molecule has 0 aliphatic carbocycles. The van der Waals surface area contributed by atoms with Crippen LogP contribution in [0.25, 0.3) is 0 Å². The van der Waals surface area contributed by atoms with Gasteiger partial charge in [0.05, 0.1) is 24.4 Å². The molecule has 0 atom stereocenters. The molecule has 130 valence electrons. The number of ether oxygens (including phenoxy) is 1. The quantitative estimate of drug-likeness (QED) is 0.733. The van der Waals surface area contributed by atoms with E-state index in [1.54, 1.807) is 25.6 Å². The van der Waals surface area contributed by atoms with Gasteiger partial charge in [0.15, 0.2) is 5.84 Å². The number of nitrogens with one attached hydrogen (secondary N) is 2. The van der Waals surface area contributed by atoms with Crippen LogP contribution < -0.4 is 15.4 Å². The van der Waals surface area contributed by atoms with E-state index in [9.17, 15) is 0 Å². The number of anilines is 3. The number of aromatic nitrogens is 3. The van der Waals surface area contributed by atoms with Gasteiger partial charge in [0.2, 0.25) is 11.8 Å². The molecule has 2 aromatic heterocycles. The molecule has 0 radical (unpaired) electrons. The predicted molar refractivity (Wildman–Crippen MR) is 101 cm³/mol. The van der Waals surface area contributed by atoms with E-state index >= 15 is 0 Å². The van der Waals surface area contributed by atoms with Crippen LogP contribution in [-0.4, -0.2) is 27.9 Å². The van der Waals surface area contributed by atoms with E-state index < -0.39 is 0 Å². The molecule has 1 aliphatic heterocycles. The summed E-state index contributed by atoms with van der Waals surface area (Å²) in [6.07, 6.45) is 3.37. The number of halogens is 1. The highest BCUT2D eigenvalue weighted by atomic mass is 35.5. The van der Waals surface area contributed by atoms with Crippen molar-refractivity contribution >= 4 is 34.8 Å². The maximum Gasteiger partial charge on any atom is 0.230 e. The SMILES string of the molecule is COc1ccnc(Nc2ccc(NC3=NCc4cccnc43)cc2Cl)n1. The Balaban J connectivity index is 1.51. The molecule has 0 saturated heterocycles. The number of pyridine rings is 1. The summed E-state index contributed by atoms with van der Waals surface area (Å²) in [6, 6.07) is 11.2. The smallest absolute Gasteiger partial charge is 0.230 e. The summed E-state index contributed by atoms with van der Waals surface area (Å²) in [5.74, 6) is 1.63. The lowest BCUT2D eigenvalue weighted by Gasteiger charge is -2.11. The first-order valence-electron chi connectivity index (χ1n) is 7.92. The summed E-state index contributed by atoms with van der Waals surface area (Å²) in [5.41, 5.74) is 3.49. The number of rotatable bonds is 4. The van der Waals surface area contributed by atoms with Gasteiger partial charge in [-0.15, -0.1) is 0 Å². The molecular formula is C18H15ClN6O. The van der Waals surface area contributed by atoms with Gasteiger partial charge < -0.3 is 15.4 Å². The van der Waals surface area contributed by atoms with E-state index in [0.717, 1.165) is 22.8 Å². The fraction of sp³-hybridized carbons (Fsp3) is 0.111. The molecule has 8 heteroatoms. The number of hydrogen-bond donors (Lipinski definition) is 2. The molecule has 0 fully saturated rings. The molecule has 0 bridgehead atoms. The van der Waals surface area contributed by atoms with Gasteiger partial charge in [-0.3, -0.25) is 9.98 Å². The Morgan fingerprint density at radius 2 is 2.00 bits per heavy atom. The fourth-order valence-electron chi connectivity index (χ4n) is 2.58. The number of aliphatic imine (C=N–C) groups is 1. The van der Waals surface area contributed by atoms with Crippen molar-refractivity contribution in [2.45, 2.75) is 6.54 Å². The molecule has 1 aliphatic rings. The number of amidine groups is 1.